The minimum atomic E-state index is -0.481. The molecule has 42 heavy (non-hydrogen) atoms. The van der Waals surface area contributed by atoms with E-state index < -0.39 is 6.04 Å². The lowest BCUT2D eigenvalue weighted by atomic mass is 10.1. The predicted molar refractivity (Wildman–Crippen MR) is 157 cm³/mol. The van der Waals surface area contributed by atoms with Crippen LogP contribution < -0.4 is 16.2 Å². The lowest BCUT2D eigenvalue weighted by Gasteiger charge is -2.19. The summed E-state index contributed by atoms with van der Waals surface area (Å²) in [6.07, 6.45) is 3.20. The van der Waals surface area contributed by atoms with Gasteiger partial charge in [0.2, 0.25) is 5.95 Å². The zero-order chi connectivity index (χ0) is 29.2. The number of rotatable bonds is 9. The van der Waals surface area contributed by atoms with Crippen molar-refractivity contribution in [1.82, 2.24) is 39.5 Å². The Balaban J connectivity index is 1.39. The number of aliphatic hydroxyl groups is 1. The van der Waals surface area contributed by atoms with Gasteiger partial charge >= 0.3 is 0 Å². The maximum atomic E-state index is 12.7. The molecule has 0 unspecified atom stereocenters. The highest BCUT2D eigenvalue weighted by Gasteiger charge is 2.21. The van der Waals surface area contributed by atoms with Gasteiger partial charge in [0.1, 0.15) is 17.3 Å². The van der Waals surface area contributed by atoms with Gasteiger partial charge in [0.15, 0.2) is 5.65 Å². The third-order valence-corrected chi connectivity index (χ3v) is 6.69. The summed E-state index contributed by atoms with van der Waals surface area (Å²) in [6, 6.07) is 17.9. The first kappa shape index (κ1) is 26.8. The number of aliphatic hydroxyl groups excluding tert-OH is 1. The van der Waals surface area contributed by atoms with Gasteiger partial charge in [-0.15, -0.1) is 10.2 Å². The summed E-state index contributed by atoms with van der Waals surface area (Å²) in [4.78, 5) is 30.8. The van der Waals surface area contributed by atoms with Crippen LogP contribution in [0.25, 0.3) is 34.1 Å². The van der Waals surface area contributed by atoms with Crippen molar-refractivity contribution in [2.24, 2.45) is 7.05 Å². The summed E-state index contributed by atoms with van der Waals surface area (Å²) in [6.45, 7) is 3.78. The molecule has 0 spiro atoms. The van der Waals surface area contributed by atoms with Crippen LogP contribution in [0.15, 0.2) is 82.3 Å². The quantitative estimate of drug-likeness (QED) is 0.232. The van der Waals surface area contributed by atoms with Crippen LogP contribution in [0.3, 0.4) is 0 Å². The Labute approximate surface area is 239 Å². The molecule has 0 radical (unpaired) electrons. The fraction of sp³-hybridized carbons (Fsp3) is 0.207. The van der Waals surface area contributed by atoms with E-state index in [4.69, 9.17) is 9.40 Å². The standard InChI is InChI=1S/C29H28N10O3/c1-17(2)39-25-19(28(41)38(39)3)12-13-23(33-25)34-29-31-15-20(26-36-37-27(42-26)21-11-7-8-14-30-21)24(35-29)32-22(16-40)18-9-5-4-6-10-18/h4-15,17,22,40H,16H2,1-3H3,(H2,31,32,33,34,35)/t22-/m1/s1. The molecule has 0 aliphatic rings. The maximum Gasteiger partial charge on any atom is 0.275 e. The number of fused-ring (bicyclic) bond motifs is 1. The van der Waals surface area contributed by atoms with E-state index >= 15 is 0 Å². The number of benzene rings is 1. The fourth-order valence-electron chi connectivity index (χ4n) is 4.70. The number of hydrogen-bond donors (Lipinski definition) is 3. The molecule has 0 fully saturated rings. The van der Waals surface area contributed by atoms with E-state index in [9.17, 15) is 9.90 Å². The summed E-state index contributed by atoms with van der Waals surface area (Å²) < 4.78 is 9.33. The fourth-order valence-corrected chi connectivity index (χ4v) is 4.70. The highest BCUT2D eigenvalue weighted by molar-refractivity contribution is 5.77. The van der Waals surface area contributed by atoms with Crippen LogP contribution in [0.2, 0.25) is 0 Å². The molecule has 0 bridgehead atoms. The van der Waals surface area contributed by atoms with Gasteiger partial charge in [0.25, 0.3) is 17.3 Å². The molecule has 6 aromatic rings. The molecule has 13 nitrogen and oxygen atoms in total. The third kappa shape index (κ3) is 5.08. The van der Waals surface area contributed by atoms with Gasteiger partial charge < -0.3 is 20.2 Å². The average molecular weight is 565 g/mol. The predicted octanol–water partition coefficient (Wildman–Crippen LogP) is 4.11. The topological polar surface area (TPSA) is 162 Å². The molecular weight excluding hydrogens is 536 g/mol. The van der Waals surface area contributed by atoms with Crippen molar-refractivity contribution < 1.29 is 9.52 Å². The summed E-state index contributed by atoms with van der Waals surface area (Å²) in [7, 11) is 1.72. The van der Waals surface area contributed by atoms with Crippen molar-refractivity contribution in [3.63, 3.8) is 0 Å². The Kier molecular flexibility index (Phi) is 7.15. The van der Waals surface area contributed by atoms with E-state index in [1.165, 1.54) is 0 Å². The monoisotopic (exact) mass is 564 g/mol. The van der Waals surface area contributed by atoms with Gasteiger partial charge in [-0.2, -0.15) is 4.98 Å². The summed E-state index contributed by atoms with van der Waals surface area (Å²) >= 11 is 0. The van der Waals surface area contributed by atoms with Crippen molar-refractivity contribution in [3.05, 3.63) is 89.0 Å². The Hall–Kier alpha value is -5.43. The molecule has 5 heterocycles. The van der Waals surface area contributed by atoms with Crippen LogP contribution in [0, 0.1) is 0 Å². The highest BCUT2D eigenvalue weighted by Crippen LogP contribution is 2.31. The molecule has 212 valence electrons. The van der Waals surface area contributed by atoms with Crippen LogP contribution in [0.5, 0.6) is 0 Å². The number of nitrogens with zero attached hydrogens (tertiary/aromatic N) is 8. The molecule has 1 atom stereocenters. The van der Waals surface area contributed by atoms with E-state index in [1.54, 1.807) is 48.4 Å². The van der Waals surface area contributed by atoms with Crippen molar-refractivity contribution in [1.29, 1.82) is 0 Å². The number of aromatic nitrogens is 8. The van der Waals surface area contributed by atoms with Crippen molar-refractivity contribution in [3.8, 4) is 23.0 Å². The third-order valence-electron chi connectivity index (χ3n) is 6.69. The van der Waals surface area contributed by atoms with Crippen molar-refractivity contribution in [2.45, 2.75) is 25.9 Å². The minimum absolute atomic E-state index is 0.0214. The molecule has 0 aliphatic heterocycles. The zero-order valence-electron chi connectivity index (χ0n) is 23.1. The molecule has 3 N–H and O–H groups in total. The molecule has 13 heteroatoms. The second-order valence-corrected chi connectivity index (χ2v) is 9.83. The zero-order valence-corrected chi connectivity index (χ0v) is 23.1. The van der Waals surface area contributed by atoms with Gasteiger partial charge in [-0.1, -0.05) is 36.4 Å². The Bertz CT molecular complexity index is 1900. The lowest BCUT2D eigenvalue weighted by Crippen LogP contribution is -2.20. The van der Waals surface area contributed by atoms with E-state index in [2.05, 4.69) is 35.8 Å². The Morgan fingerprint density at radius 1 is 0.952 bits per heavy atom. The minimum Gasteiger partial charge on any atom is -0.414 e. The van der Waals surface area contributed by atoms with Crippen LogP contribution in [0.1, 0.15) is 31.5 Å². The van der Waals surface area contributed by atoms with E-state index in [0.717, 1.165) is 5.56 Å². The van der Waals surface area contributed by atoms with Crippen LogP contribution in [-0.4, -0.2) is 51.2 Å². The molecule has 6 rings (SSSR count). The van der Waals surface area contributed by atoms with Gasteiger partial charge in [-0.3, -0.25) is 19.1 Å². The van der Waals surface area contributed by atoms with Gasteiger partial charge in [0.05, 0.1) is 23.6 Å². The van der Waals surface area contributed by atoms with Crippen LogP contribution in [-0.2, 0) is 7.05 Å². The summed E-state index contributed by atoms with van der Waals surface area (Å²) in [5.74, 6) is 1.47. The smallest absolute Gasteiger partial charge is 0.275 e. The van der Waals surface area contributed by atoms with Crippen LogP contribution >= 0.6 is 0 Å². The van der Waals surface area contributed by atoms with Gasteiger partial charge in [-0.25, -0.2) is 9.97 Å². The molecule has 1 aromatic carbocycles. The number of hydrogen-bond acceptors (Lipinski definition) is 11. The number of nitrogens with one attached hydrogen (secondary N) is 2. The maximum absolute atomic E-state index is 12.7. The molecule has 0 amide bonds. The second-order valence-electron chi connectivity index (χ2n) is 9.83. The second kappa shape index (κ2) is 11.2. The lowest BCUT2D eigenvalue weighted by molar-refractivity contribution is 0.276. The first-order valence-corrected chi connectivity index (χ1v) is 13.3. The summed E-state index contributed by atoms with van der Waals surface area (Å²) in [5, 5.41) is 25.5. The molecule has 0 saturated heterocycles. The number of pyridine rings is 2. The number of anilines is 3. The Morgan fingerprint density at radius 3 is 2.48 bits per heavy atom. The van der Waals surface area contributed by atoms with E-state index in [-0.39, 0.29) is 35.9 Å². The molecule has 0 saturated carbocycles. The SMILES string of the molecule is CC(C)n1c2nc(Nc3ncc(-c4nnc(-c5ccccn5)o4)c(N[C@H](CO)c4ccccc4)n3)ccc2c(=O)n1C. The van der Waals surface area contributed by atoms with E-state index in [0.29, 0.717) is 33.9 Å². The van der Waals surface area contributed by atoms with Crippen molar-refractivity contribution in [2.75, 3.05) is 17.2 Å². The van der Waals surface area contributed by atoms with E-state index in [1.807, 2.05) is 54.9 Å². The first-order chi connectivity index (χ1) is 20.4. The van der Waals surface area contributed by atoms with Crippen molar-refractivity contribution >= 4 is 28.6 Å². The first-order valence-electron chi connectivity index (χ1n) is 13.3. The van der Waals surface area contributed by atoms with Gasteiger partial charge in [-0.05, 0) is 43.7 Å². The highest BCUT2D eigenvalue weighted by atomic mass is 16.4. The molecular formula is C29H28N10O3. The Morgan fingerprint density at radius 2 is 1.74 bits per heavy atom. The molecule has 5 aromatic heterocycles. The largest absolute Gasteiger partial charge is 0.414 e. The normalized spacial score (nSPS) is 12.1. The summed E-state index contributed by atoms with van der Waals surface area (Å²) in [5.41, 5.74) is 2.26. The average Bonchev–Trinajstić information content (AvgIpc) is 3.60. The van der Waals surface area contributed by atoms with Crippen LogP contribution in [0.4, 0.5) is 17.6 Å². The van der Waals surface area contributed by atoms with Gasteiger partial charge in [0, 0.05) is 25.5 Å². The molecule has 0 aliphatic carbocycles.